The molecule has 0 aromatic heterocycles. The summed E-state index contributed by atoms with van der Waals surface area (Å²) in [5.41, 5.74) is 7.45. The highest BCUT2D eigenvalue weighted by Gasteiger charge is 2.22. The Morgan fingerprint density at radius 2 is 1.82 bits per heavy atom. The molecule has 1 heterocycles. The molecule has 1 saturated heterocycles. The number of primary amides is 1. The molecule has 1 aliphatic rings. The molecule has 2 aromatic rings. The lowest BCUT2D eigenvalue weighted by Gasteiger charge is -2.30. The molecule has 0 unspecified atom stereocenters. The van der Waals surface area contributed by atoms with Crippen molar-refractivity contribution in [2.45, 2.75) is 19.3 Å². The number of carbonyl (C=O) groups excluding carboxylic acids is 2. The molecule has 0 radical (unpaired) electrons. The highest BCUT2D eigenvalue weighted by Crippen LogP contribution is 2.20. The summed E-state index contributed by atoms with van der Waals surface area (Å²) in [5, 5.41) is 2.78. The van der Waals surface area contributed by atoms with Gasteiger partial charge in [-0.15, -0.1) is 0 Å². The van der Waals surface area contributed by atoms with Gasteiger partial charge in [0.15, 0.2) is 0 Å². The average Bonchev–Trinajstić information content (AvgIpc) is 2.69. The van der Waals surface area contributed by atoms with Crippen molar-refractivity contribution >= 4 is 33.4 Å². The zero-order valence-corrected chi connectivity index (χ0v) is 17.0. The Kier molecular flexibility index (Phi) is 6.80. The number of piperidine rings is 1. The first-order valence-electron chi connectivity index (χ1n) is 9.29. The fourth-order valence-corrected chi connectivity index (χ4v) is 3.78. The van der Waals surface area contributed by atoms with E-state index in [-0.39, 0.29) is 23.3 Å². The number of hydrogen-bond donors (Lipinski definition) is 2. The Morgan fingerprint density at radius 3 is 2.46 bits per heavy atom. The maximum Gasteiger partial charge on any atom is 0.256 e. The van der Waals surface area contributed by atoms with Crippen LogP contribution in [0.4, 0.5) is 10.1 Å². The van der Waals surface area contributed by atoms with Gasteiger partial charge in [-0.2, -0.15) is 0 Å². The third kappa shape index (κ3) is 5.39. The van der Waals surface area contributed by atoms with Crippen LogP contribution in [0.5, 0.6) is 0 Å². The minimum atomic E-state index is -0.455. The lowest BCUT2D eigenvalue weighted by atomic mass is 9.96. The molecule has 0 aliphatic carbocycles. The largest absolute Gasteiger partial charge is 0.369 e. The molecule has 0 bridgehead atoms. The summed E-state index contributed by atoms with van der Waals surface area (Å²) in [6, 6.07) is 11.7. The Labute approximate surface area is 172 Å². The second-order valence-electron chi connectivity index (χ2n) is 7.04. The van der Waals surface area contributed by atoms with E-state index in [1.807, 2.05) is 24.3 Å². The third-order valence-corrected chi connectivity index (χ3v) is 5.78. The molecule has 0 atom stereocenters. The SMILES string of the molecule is NC(=O)C1CCN(CCc2ccc(NC(=O)c3cc(F)ccc3Br)cc2)CC1. The van der Waals surface area contributed by atoms with Crippen molar-refractivity contribution in [1.29, 1.82) is 0 Å². The molecule has 0 saturated carbocycles. The number of nitrogens with one attached hydrogen (secondary N) is 1. The van der Waals surface area contributed by atoms with E-state index in [1.54, 1.807) is 0 Å². The van der Waals surface area contributed by atoms with E-state index in [0.29, 0.717) is 10.2 Å². The number of nitrogens with zero attached hydrogens (tertiary/aromatic N) is 1. The molecule has 2 amide bonds. The van der Waals surface area contributed by atoms with Crippen LogP contribution in [-0.2, 0) is 11.2 Å². The van der Waals surface area contributed by atoms with E-state index >= 15 is 0 Å². The topological polar surface area (TPSA) is 75.4 Å². The van der Waals surface area contributed by atoms with Gasteiger partial charge in [-0.1, -0.05) is 12.1 Å². The Morgan fingerprint density at radius 1 is 1.14 bits per heavy atom. The van der Waals surface area contributed by atoms with Gasteiger partial charge in [0.2, 0.25) is 5.91 Å². The Hall–Kier alpha value is -2.25. The number of halogens is 2. The monoisotopic (exact) mass is 447 g/mol. The summed E-state index contributed by atoms with van der Waals surface area (Å²) >= 11 is 3.27. The van der Waals surface area contributed by atoms with E-state index in [4.69, 9.17) is 5.73 Å². The molecule has 148 valence electrons. The van der Waals surface area contributed by atoms with E-state index < -0.39 is 5.82 Å². The average molecular weight is 448 g/mol. The molecular weight excluding hydrogens is 425 g/mol. The molecule has 1 aliphatic heterocycles. The van der Waals surface area contributed by atoms with Gasteiger partial charge in [0.25, 0.3) is 5.91 Å². The van der Waals surface area contributed by atoms with Crippen molar-refractivity contribution in [2.75, 3.05) is 25.0 Å². The van der Waals surface area contributed by atoms with Crippen molar-refractivity contribution in [3.8, 4) is 0 Å². The maximum absolute atomic E-state index is 13.4. The molecule has 0 spiro atoms. The van der Waals surface area contributed by atoms with E-state index in [9.17, 15) is 14.0 Å². The fraction of sp³-hybridized carbons (Fsp3) is 0.333. The molecule has 2 aromatic carbocycles. The first-order valence-corrected chi connectivity index (χ1v) is 10.1. The van der Waals surface area contributed by atoms with Crippen LogP contribution >= 0.6 is 15.9 Å². The summed E-state index contributed by atoms with van der Waals surface area (Å²) in [6.45, 7) is 2.71. The Bertz CT molecular complexity index is 849. The first-order chi connectivity index (χ1) is 13.4. The van der Waals surface area contributed by atoms with E-state index in [2.05, 4.69) is 26.1 Å². The van der Waals surface area contributed by atoms with Crippen molar-refractivity contribution in [1.82, 2.24) is 4.90 Å². The van der Waals surface area contributed by atoms with Crippen LogP contribution < -0.4 is 11.1 Å². The number of hydrogen-bond acceptors (Lipinski definition) is 3. The first kappa shape index (κ1) is 20.5. The quantitative estimate of drug-likeness (QED) is 0.710. The number of likely N-dealkylation sites (tertiary alicyclic amines) is 1. The summed E-state index contributed by atoms with van der Waals surface area (Å²) < 4.78 is 13.9. The molecular formula is C21H23BrFN3O2. The van der Waals surface area contributed by atoms with Gasteiger partial charge in [-0.3, -0.25) is 9.59 Å². The smallest absolute Gasteiger partial charge is 0.256 e. The summed E-state index contributed by atoms with van der Waals surface area (Å²) in [4.78, 5) is 25.9. The summed E-state index contributed by atoms with van der Waals surface area (Å²) in [6.07, 6.45) is 2.55. The molecule has 5 nitrogen and oxygen atoms in total. The number of amides is 2. The Balaban J connectivity index is 1.50. The van der Waals surface area contributed by atoms with Crippen molar-refractivity contribution in [3.05, 3.63) is 63.9 Å². The van der Waals surface area contributed by atoms with E-state index in [0.717, 1.165) is 38.9 Å². The maximum atomic E-state index is 13.4. The second-order valence-corrected chi connectivity index (χ2v) is 7.90. The van der Waals surface area contributed by atoms with Gasteiger partial charge in [0, 0.05) is 22.6 Å². The lowest BCUT2D eigenvalue weighted by molar-refractivity contribution is -0.123. The van der Waals surface area contributed by atoms with Crippen LogP contribution in [-0.4, -0.2) is 36.3 Å². The van der Waals surface area contributed by atoms with Crippen LogP contribution in [0.15, 0.2) is 46.9 Å². The van der Waals surface area contributed by atoms with Gasteiger partial charge in [0.05, 0.1) is 5.56 Å². The summed E-state index contributed by atoms with van der Waals surface area (Å²) in [5.74, 6) is -1.00. The number of carbonyl (C=O) groups is 2. The van der Waals surface area contributed by atoms with Crippen LogP contribution in [0.2, 0.25) is 0 Å². The zero-order chi connectivity index (χ0) is 20.1. The number of rotatable bonds is 6. The predicted octanol–water partition coefficient (Wildman–Crippen LogP) is 3.58. The van der Waals surface area contributed by atoms with Gasteiger partial charge >= 0.3 is 0 Å². The predicted molar refractivity (Wildman–Crippen MR) is 111 cm³/mol. The van der Waals surface area contributed by atoms with Crippen LogP contribution in [0.25, 0.3) is 0 Å². The lowest BCUT2D eigenvalue weighted by Crippen LogP contribution is -2.39. The highest BCUT2D eigenvalue weighted by atomic mass is 79.9. The standard InChI is InChI=1S/C21H23BrFN3O2/c22-19-6-3-16(23)13-18(19)21(28)25-17-4-1-14(2-5-17)7-10-26-11-8-15(9-12-26)20(24)27/h1-6,13,15H,7-12H2,(H2,24,27)(H,25,28). The normalized spacial score (nSPS) is 15.4. The minimum Gasteiger partial charge on any atom is -0.369 e. The zero-order valence-electron chi connectivity index (χ0n) is 15.5. The highest BCUT2D eigenvalue weighted by molar-refractivity contribution is 9.10. The van der Waals surface area contributed by atoms with Gasteiger partial charge in [0.1, 0.15) is 5.82 Å². The van der Waals surface area contributed by atoms with Crippen LogP contribution in [0, 0.1) is 11.7 Å². The van der Waals surface area contributed by atoms with Crippen molar-refractivity contribution in [2.24, 2.45) is 11.7 Å². The number of anilines is 1. The molecule has 3 rings (SSSR count). The van der Waals surface area contributed by atoms with Gasteiger partial charge < -0.3 is 16.0 Å². The van der Waals surface area contributed by atoms with Crippen LogP contribution in [0.3, 0.4) is 0 Å². The third-order valence-electron chi connectivity index (χ3n) is 5.09. The molecule has 3 N–H and O–H groups in total. The fourth-order valence-electron chi connectivity index (χ4n) is 3.35. The number of benzene rings is 2. The van der Waals surface area contributed by atoms with Gasteiger partial charge in [-0.05, 0) is 84.2 Å². The molecule has 7 heteroatoms. The minimum absolute atomic E-state index is 0.0114. The van der Waals surface area contributed by atoms with Gasteiger partial charge in [-0.25, -0.2) is 4.39 Å². The van der Waals surface area contributed by atoms with Crippen molar-refractivity contribution in [3.63, 3.8) is 0 Å². The summed E-state index contributed by atoms with van der Waals surface area (Å²) in [7, 11) is 0. The van der Waals surface area contributed by atoms with Crippen LogP contribution in [0.1, 0.15) is 28.8 Å². The molecule has 1 fully saturated rings. The second kappa shape index (κ2) is 9.30. The number of nitrogens with two attached hydrogens (primary N) is 1. The van der Waals surface area contributed by atoms with E-state index in [1.165, 1.54) is 23.8 Å². The molecule has 28 heavy (non-hydrogen) atoms. The van der Waals surface area contributed by atoms with Crippen molar-refractivity contribution < 1.29 is 14.0 Å².